The van der Waals surface area contributed by atoms with Crippen LogP contribution in [0.4, 0.5) is 0 Å². The van der Waals surface area contributed by atoms with Gasteiger partial charge in [0.05, 0.1) is 19.0 Å². The molecule has 1 atom stereocenters. The maximum absolute atomic E-state index is 12.0. The third-order valence-electron chi connectivity index (χ3n) is 3.37. The van der Waals surface area contributed by atoms with E-state index in [0.29, 0.717) is 12.3 Å². The van der Waals surface area contributed by atoms with E-state index in [0.717, 1.165) is 24.3 Å². The van der Waals surface area contributed by atoms with Gasteiger partial charge in [-0.3, -0.25) is 4.79 Å². The maximum Gasteiger partial charge on any atom is 0.236 e. The summed E-state index contributed by atoms with van der Waals surface area (Å²) in [5, 5.41) is 0. The van der Waals surface area contributed by atoms with Gasteiger partial charge in [0.1, 0.15) is 0 Å². The van der Waals surface area contributed by atoms with Crippen molar-refractivity contribution in [3.05, 3.63) is 23.3 Å². The normalized spacial score (nSPS) is 15.7. The molecule has 1 heterocycles. The highest BCUT2D eigenvalue weighted by molar-refractivity contribution is 9.10. The largest absolute Gasteiger partial charge is 0.493 e. The Kier molecular flexibility index (Phi) is 4.34. The summed E-state index contributed by atoms with van der Waals surface area (Å²) >= 11 is 3.33. The zero-order valence-corrected chi connectivity index (χ0v) is 13.0. The number of amides is 1. The number of ether oxygens (including phenoxy) is 2. The Morgan fingerprint density at radius 3 is 2.37 bits per heavy atom. The van der Waals surface area contributed by atoms with E-state index in [1.54, 1.807) is 14.2 Å². The van der Waals surface area contributed by atoms with E-state index in [2.05, 4.69) is 15.9 Å². The molecule has 0 bridgehead atoms. The third kappa shape index (κ3) is 2.86. The topological polar surface area (TPSA) is 38.8 Å². The van der Waals surface area contributed by atoms with Crippen molar-refractivity contribution >= 4 is 21.8 Å². The number of halogens is 1. The van der Waals surface area contributed by atoms with Crippen molar-refractivity contribution in [1.29, 1.82) is 0 Å². The molecule has 0 spiro atoms. The summed E-state index contributed by atoms with van der Waals surface area (Å²) in [6, 6.07) is 3.97. The van der Waals surface area contributed by atoms with Crippen molar-refractivity contribution in [2.24, 2.45) is 0 Å². The number of alkyl halides is 1. The highest BCUT2D eigenvalue weighted by atomic mass is 79.9. The van der Waals surface area contributed by atoms with Crippen molar-refractivity contribution in [3.8, 4) is 11.5 Å². The third-order valence-corrected chi connectivity index (χ3v) is 3.76. The summed E-state index contributed by atoms with van der Waals surface area (Å²) in [5.41, 5.74) is 2.36. The lowest BCUT2D eigenvalue weighted by atomic mass is 9.98. The minimum absolute atomic E-state index is 0.125. The van der Waals surface area contributed by atoms with Crippen LogP contribution in [0.25, 0.3) is 0 Å². The van der Waals surface area contributed by atoms with E-state index in [9.17, 15) is 4.79 Å². The van der Waals surface area contributed by atoms with Gasteiger partial charge in [0, 0.05) is 13.1 Å². The first-order chi connectivity index (χ1) is 9.06. The molecule has 1 aliphatic heterocycles. The van der Waals surface area contributed by atoms with E-state index >= 15 is 0 Å². The molecule has 5 heteroatoms. The fraction of sp³-hybridized carbons (Fsp3) is 0.500. The Morgan fingerprint density at radius 2 is 1.84 bits per heavy atom. The molecular weight excluding hydrogens is 310 g/mol. The van der Waals surface area contributed by atoms with Gasteiger partial charge in [0.25, 0.3) is 0 Å². The predicted octanol–water partition coefficient (Wildman–Crippen LogP) is 2.37. The molecular formula is C14H18BrNO3. The number of carbonyl (C=O) groups excluding carboxylic acids is 1. The minimum Gasteiger partial charge on any atom is -0.493 e. The molecule has 1 unspecified atom stereocenters. The molecule has 1 amide bonds. The fourth-order valence-electron chi connectivity index (χ4n) is 2.32. The van der Waals surface area contributed by atoms with Gasteiger partial charge in [-0.05, 0) is 36.6 Å². The van der Waals surface area contributed by atoms with Crippen LogP contribution in [-0.4, -0.2) is 36.4 Å². The Labute approximate surface area is 121 Å². The minimum atomic E-state index is -0.144. The summed E-state index contributed by atoms with van der Waals surface area (Å²) in [6.07, 6.45) is 0.848. The van der Waals surface area contributed by atoms with Crippen molar-refractivity contribution in [1.82, 2.24) is 4.90 Å². The van der Waals surface area contributed by atoms with Crippen molar-refractivity contribution < 1.29 is 14.3 Å². The Bertz CT molecular complexity index is 488. The molecule has 0 aromatic heterocycles. The Balaban J connectivity index is 2.27. The molecule has 1 aromatic rings. The van der Waals surface area contributed by atoms with Gasteiger partial charge in [-0.2, -0.15) is 0 Å². The SMILES string of the molecule is COc1cc2c(cc1OC)CN(C(=O)C(C)Br)CC2. The van der Waals surface area contributed by atoms with Crippen LogP contribution < -0.4 is 9.47 Å². The second kappa shape index (κ2) is 5.82. The lowest BCUT2D eigenvalue weighted by Gasteiger charge is -2.30. The zero-order chi connectivity index (χ0) is 14.0. The van der Waals surface area contributed by atoms with Crippen LogP contribution in [0.3, 0.4) is 0 Å². The molecule has 0 saturated carbocycles. The number of benzene rings is 1. The molecule has 4 nitrogen and oxygen atoms in total. The van der Waals surface area contributed by atoms with Crippen LogP contribution in [0.1, 0.15) is 18.1 Å². The number of hydrogen-bond donors (Lipinski definition) is 0. The number of hydrogen-bond acceptors (Lipinski definition) is 3. The monoisotopic (exact) mass is 327 g/mol. The van der Waals surface area contributed by atoms with E-state index < -0.39 is 0 Å². The second-order valence-corrected chi connectivity index (χ2v) is 5.98. The highest BCUT2D eigenvalue weighted by Gasteiger charge is 2.24. The molecule has 0 saturated heterocycles. The van der Waals surface area contributed by atoms with Crippen LogP contribution in [-0.2, 0) is 17.8 Å². The number of carbonyl (C=O) groups is 1. The average Bonchev–Trinajstić information content (AvgIpc) is 2.44. The van der Waals surface area contributed by atoms with E-state index in [1.807, 2.05) is 24.0 Å². The van der Waals surface area contributed by atoms with Gasteiger partial charge in [-0.25, -0.2) is 0 Å². The van der Waals surface area contributed by atoms with Crippen LogP contribution in [0.5, 0.6) is 11.5 Å². The molecule has 1 aliphatic rings. The van der Waals surface area contributed by atoms with E-state index in [-0.39, 0.29) is 10.7 Å². The average molecular weight is 328 g/mol. The summed E-state index contributed by atoms with van der Waals surface area (Å²) in [5.74, 6) is 1.58. The maximum atomic E-state index is 12.0. The summed E-state index contributed by atoms with van der Waals surface area (Å²) < 4.78 is 10.6. The molecule has 0 N–H and O–H groups in total. The lowest BCUT2D eigenvalue weighted by molar-refractivity contribution is -0.131. The number of methoxy groups -OCH3 is 2. The van der Waals surface area contributed by atoms with Gasteiger partial charge in [0.15, 0.2) is 11.5 Å². The zero-order valence-electron chi connectivity index (χ0n) is 11.4. The summed E-state index contributed by atoms with van der Waals surface area (Å²) in [4.78, 5) is 13.7. The van der Waals surface area contributed by atoms with Crippen LogP contribution in [0.15, 0.2) is 12.1 Å². The smallest absolute Gasteiger partial charge is 0.236 e. The Morgan fingerprint density at radius 1 is 1.26 bits per heavy atom. The number of nitrogens with zero attached hydrogens (tertiary/aromatic N) is 1. The predicted molar refractivity (Wildman–Crippen MR) is 77.1 cm³/mol. The van der Waals surface area contributed by atoms with Gasteiger partial charge < -0.3 is 14.4 Å². The van der Waals surface area contributed by atoms with Crippen LogP contribution >= 0.6 is 15.9 Å². The van der Waals surface area contributed by atoms with Gasteiger partial charge in [-0.1, -0.05) is 15.9 Å². The van der Waals surface area contributed by atoms with Gasteiger partial charge in [0.2, 0.25) is 5.91 Å². The fourth-order valence-corrected chi connectivity index (χ4v) is 2.61. The molecule has 0 fully saturated rings. The second-order valence-electron chi connectivity index (χ2n) is 4.60. The molecule has 0 aliphatic carbocycles. The lowest BCUT2D eigenvalue weighted by Crippen LogP contribution is -2.39. The quantitative estimate of drug-likeness (QED) is 0.800. The molecule has 2 rings (SSSR count). The first-order valence-corrected chi connectivity index (χ1v) is 7.15. The van der Waals surface area contributed by atoms with Crippen molar-refractivity contribution in [3.63, 3.8) is 0 Å². The molecule has 104 valence electrons. The molecule has 19 heavy (non-hydrogen) atoms. The number of rotatable bonds is 3. The first-order valence-electron chi connectivity index (χ1n) is 6.23. The van der Waals surface area contributed by atoms with Crippen molar-refractivity contribution in [2.45, 2.75) is 24.7 Å². The summed E-state index contributed by atoms with van der Waals surface area (Å²) in [7, 11) is 3.26. The summed E-state index contributed by atoms with van der Waals surface area (Å²) in [6.45, 7) is 3.23. The standard InChI is InChI=1S/C14H18BrNO3/c1-9(15)14(17)16-5-4-10-6-12(18-2)13(19-3)7-11(10)8-16/h6-7,9H,4-5,8H2,1-3H3. The van der Waals surface area contributed by atoms with Crippen molar-refractivity contribution in [2.75, 3.05) is 20.8 Å². The molecule has 1 aromatic carbocycles. The first kappa shape index (κ1) is 14.2. The van der Waals surface area contributed by atoms with Crippen LogP contribution in [0, 0.1) is 0 Å². The molecule has 0 radical (unpaired) electrons. The van der Waals surface area contributed by atoms with E-state index in [4.69, 9.17) is 9.47 Å². The van der Waals surface area contributed by atoms with Gasteiger partial charge in [-0.15, -0.1) is 0 Å². The highest BCUT2D eigenvalue weighted by Crippen LogP contribution is 2.33. The number of fused-ring (bicyclic) bond motifs is 1. The Hall–Kier alpha value is -1.23. The van der Waals surface area contributed by atoms with Crippen LogP contribution in [0.2, 0.25) is 0 Å². The van der Waals surface area contributed by atoms with Gasteiger partial charge >= 0.3 is 0 Å². The van der Waals surface area contributed by atoms with E-state index in [1.165, 1.54) is 5.56 Å².